The molecular formula is C15H24N2O. The van der Waals surface area contributed by atoms with Gasteiger partial charge < -0.3 is 15.0 Å². The van der Waals surface area contributed by atoms with Gasteiger partial charge in [0, 0.05) is 25.8 Å². The maximum atomic E-state index is 5.19. The van der Waals surface area contributed by atoms with Crippen LogP contribution in [0.15, 0.2) is 24.3 Å². The third kappa shape index (κ3) is 3.16. The molecule has 0 radical (unpaired) electrons. The second-order valence-corrected chi connectivity index (χ2v) is 5.65. The van der Waals surface area contributed by atoms with E-state index in [-0.39, 0.29) is 0 Å². The maximum Gasteiger partial charge on any atom is 0.119 e. The lowest BCUT2D eigenvalue weighted by Gasteiger charge is -2.38. The predicted molar refractivity (Wildman–Crippen MR) is 76.5 cm³/mol. The zero-order chi connectivity index (χ0) is 13.0. The number of piperidine rings is 1. The van der Waals surface area contributed by atoms with Crippen molar-refractivity contribution in [2.45, 2.75) is 19.8 Å². The monoisotopic (exact) mass is 248 g/mol. The molecule has 1 fully saturated rings. The molecule has 3 heteroatoms. The minimum Gasteiger partial charge on any atom is -0.497 e. The van der Waals surface area contributed by atoms with Crippen LogP contribution in [-0.2, 0) is 0 Å². The summed E-state index contributed by atoms with van der Waals surface area (Å²) >= 11 is 0. The summed E-state index contributed by atoms with van der Waals surface area (Å²) in [5, 5.41) is 3.50. The Hall–Kier alpha value is -1.22. The van der Waals surface area contributed by atoms with E-state index in [4.69, 9.17) is 4.74 Å². The quantitative estimate of drug-likeness (QED) is 0.886. The van der Waals surface area contributed by atoms with E-state index < -0.39 is 0 Å². The Balaban J connectivity index is 1.99. The minimum atomic E-state index is 0.382. The molecule has 18 heavy (non-hydrogen) atoms. The van der Waals surface area contributed by atoms with Gasteiger partial charge in [0.1, 0.15) is 5.75 Å². The molecule has 1 aliphatic heterocycles. The van der Waals surface area contributed by atoms with Crippen molar-refractivity contribution in [3.63, 3.8) is 0 Å². The summed E-state index contributed by atoms with van der Waals surface area (Å²) in [6.45, 7) is 5.75. The first-order chi connectivity index (χ1) is 8.63. The Kier molecular flexibility index (Phi) is 4.12. The molecule has 1 unspecified atom stereocenters. The van der Waals surface area contributed by atoms with Gasteiger partial charge in [0.15, 0.2) is 0 Å². The topological polar surface area (TPSA) is 24.5 Å². The zero-order valence-corrected chi connectivity index (χ0v) is 11.7. The normalized spacial score (nSPS) is 23.7. The van der Waals surface area contributed by atoms with E-state index in [1.807, 2.05) is 12.1 Å². The number of benzene rings is 1. The van der Waals surface area contributed by atoms with E-state index in [0.717, 1.165) is 18.8 Å². The van der Waals surface area contributed by atoms with E-state index >= 15 is 0 Å². The fraction of sp³-hybridized carbons (Fsp3) is 0.600. The zero-order valence-electron chi connectivity index (χ0n) is 11.7. The van der Waals surface area contributed by atoms with Crippen LogP contribution in [-0.4, -0.2) is 33.8 Å². The second-order valence-electron chi connectivity index (χ2n) is 5.65. The molecule has 0 bridgehead atoms. The van der Waals surface area contributed by atoms with E-state index in [1.54, 1.807) is 7.11 Å². The smallest absolute Gasteiger partial charge is 0.119 e. The summed E-state index contributed by atoms with van der Waals surface area (Å²) in [6.07, 6.45) is 2.59. The summed E-state index contributed by atoms with van der Waals surface area (Å²) in [5.41, 5.74) is 1.63. The molecule has 1 atom stereocenters. The van der Waals surface area contributed by atoms with Gasteiger partial charge in [-0.2, -0.15) is 0 Å². The Bertz CT molecular complexity index is 369. The standard InChI is InChI=1S/C15H24N2O/c1-15(9-4-10-16-11-15)12-17(2)13-5-7-14(18-3)8-6-13/h5-8,16H,4,9-12H2,1-3H3. The van der Waals surface area contributed by atoms with Gasteiger partial charge in [-0.3, -0.25) is 0 Å². The van der Waals surface area contributed by atoms with Crippen LogP contribution in [0.5, 0.6) is 5.75 Å². The molecule has 1 saturated heterocycles. The molecule has 1 heterocycles. The molecule has 3 nitrogen and oxygen atoms in total. The summed E-state index contributed by atoms with van der Waals surface area (Å²) in [5.74, 6) is 0.915. The van der Waals surface area contributed by atoms with Crippen LogP contribution in [0, 0.1) is 5.41 Å². The first-order valence-corrected chi connectivity index (χ1v) is 6.69. The van der Waals surface area contributed by atoms with E-state index in [9.17, 15) is 0 Å². The van der Waals surface area contributed by atoms with Gasteiger partial charge in [0.25, 0.3) is 0 Å². The van der Waals surface area contributed by atoms with Crippen LogP contribution in [0.4, 0.5) is 5.69 Å². The largest absolute Gasteiger partial charge is 0.497 e. The minimum absolute atomic E-state index is 0.382. The molecule has 1 N–H and O–H groups in total. The lowest BCUT2D eigenvalue weighted by atomic mass is 9.82. The Morgan fingerprint density at radius 1 is 1.33 bits per heavy atom. The average molecular weight is 248 g/mol. The maximum absolute atomic E-state index is 5.19. The van der Waals surface area contributed by atoms with Crippen LogP contribution < -0.4 is 15.0 Å². The molecule has 0 aliphatic carbocycles. The molecule has 0 aromatic heterocycles. The van der Waals surface area contributed by atoms with Crippen molar-refractivity contribution >= 4 is 5.69 Å². The number of anilines is 1. The predicted octanol–water partition coefficient (Wildman–Crippen LogP) is 2.52. The molecule has 100 valence electrons. The number of nitrogens with zero attached hydrogens (tertiary/aromatic N) is 1. The third-order valence-electron chi connectivity index (χ3n) is 3.82. The Morgan fingerprint density at radius 2 is 2.06 bits per heavy atom. The summed E-state index contributed by atoms with van der Waals surface area (Å²) in [7, 11) is 3.87. The van der Waals surface area contributed by atoms with Crippen molar-refractivity contribution in [1.82, 2.24) is 5.32 Å². The SMILES string of the molecule is COc1ccc(N(C)CC2(C)CCCNC2)cc1. The molecule has 2 rings (SSSR count). The van der Waals surface area contributed by atoms with Crippen LogP contribution in [0.25, 0.3) is 0 Å². The third-order valence-corrected chi connectivity index (χ3v) is 3.82. The highest BCUT2D eigenvalue weighted by Crippen LogP contribution is 2.28. The Morgan fingerprint density at radius 3 is 2.61 bits per heavy atom. The number of ether oxygens (including phenoxy) is 1. The van der Waals surface area contributed by atoms with Gasteiger partial charge >= 0.3 is 0 Å². The molecule has 1 aromatic carbocycles. The molecule has 0 amide bonds. The van der Waals surface area contributed by atoms with Gasteiger partial charge in [0.2, 0.25) is 0 Å². The van der Waals surface area contributed by atoms with Gasteiger partial charge in [-0.25, -0.2) is 0 Å². The van der Waals surface area contributed by atoms with Gasteiger partial charge in [-0.1, -0.05) is 6.92 Å². The van der Waals surface area contributed by atoms with Crippen molar-refractivity contribution in [3.05, 3.63) is 24.3 Å². The number of hydrogen-bond donors (Lipinski definition) is 1. The van der Waals surface area contributed by atoms with Crippen molar-refractivity contribution in [2.75, 3.05) is 38.7 Å². The highest BCUT2D eigenvalue weighted by atomic mass is 16.5. The molecule has 1 aromatic rings. The highest BCUT2D eigenvalue weighted by molar-refractivity contribution is 5.48. The van der Waals surface area contributed by atoms with E-state index in [0.29, 0.717) is 5.41 Å². The number of nitrogens with one attached hydrogen (secondary N) is 1. The van der Waals surface area contributed by atoms with Crippen LogP contribution >= 0.6 is 0 Å². The first kappa shape index (κ1) is 13.2. The van der Waals surface area contributed by atoms with E-state index in [2.05, 4.69) is 36.3 Å². The Labute approximate surface area is 110 Å². The van der Waals surface area contributed by atoms with Crippen LogP contribution in [0.3, 0.4) is 0 Å². The second kappa shape index (κ2) is 5.61. The summed E-state index contributed by atoms with van der Waals surface area (Å²) in [4.78, 5) is 2.34. The summed E-state index contributed by atoms with van der Waals surface area (Å²) in [6, 6.07) is 8.29. The highest BCUT2D eigenvalue weighted by Gasteiger charge is 2.28. The van der Waals surface area contributed by atoms with Gasteiger partial charge in [0.05, 0.1) is 7.11 Å². The number of rotatable bonds is 4. The lowest BCUT2D eigenvalue weighted by molar-refractivity contribution is 0.243. The van der Waals surface area contributed by atoms with Crippen molar-refractivity contribution in [3.8, 4) is 5.75 Å². The van der Waals surface area contributed by atoms with Crippen LogP contribution in [0.2, 0.25) is 0 Å². The number of methoxy groups -OCH3 is 1. The van der Waals surface area contributed by atoms with Crippen LogP contribution in [0.1, 0.15) is 19.8 Å². The summed E-state index contributed by atoms with van der Waals surface area (Å²) < 4.78 is 5.19. The van der Waals surface area contributed by atoms with Crippen molar-refractivity contribution in [2.24, 2.45) is 5.41 Å². The fourth-order valence-electron chi connectivity index (χ4n) is 2.75. The molecular weight excluding hydrogens is 224 g/mol. The van der Waals surface area contributed by atoms with E-state index in [1.165, 1.54) is 25.1 Å². The van der Waals surface area contributed by atoms with Gasteiger partial charge in [-0.15, -0.1) is 0 Å². The molecule has 0 spiro atoms. The first-order valence-electron chi connectivity index (χ1n) is 6.69. The lowest BCUT2D eigenvalue weighted by Crippen LogP contribution is -2.44. The number of hydrogen-bond acceptors (Lipinski definition) is 3. The average Bonchev–Trinajstić information content (AvgIpc) is 2.39. The molecule has 0 saturated carbocycles. The molecule has 1 aliphatic rings. The van der Waals surface area contributed by atoms with Gasteiger partial charge in [-0.05, 0) is 49.1 Å². The fourth-order valence-corrected chi connectivity index (χ4v) is 2.75. The van der Waals surface area contributed by atoms with Crippen molar-refractivity contribution < 1.29 is 4.74 Å². The van der Waals surface area contributed by atoms with Crippen molar-refractivity contribution in [1.29, 1.82) is 0 Å².